The molecule has 0 bridgehead atoms. The van der Waals surface area contributed by atoms with Crippen molar-refractivity contribution in [2.75, 3.05) is 12.3 Å². The number of hydrogen-bond acceptors (Lipinski definition) is 2. The van der Waals surface area contributed by atoms with Crippen molar-refractivity contribution in [1.82, 2.24) is 4.31 Å². The van der Waals surface area contributed by atoms with Gasteiger partial charge in [-0.15, -0.1) is 0 Å². The molecule has 0 radical (unpaired) electrons. The third kappa shape index (κ3) is 1.87. The molecule has 1 aliphatic rings. The Morgan fingerprint density at radius 1 is 1.33 bits per heavy atom. The number of hydrogen-bond donors (Lipinski definition) is 0. The van der Waals surface area contributed by atoms with Gasteiger partial charge >= 0.3 is 0 Å². The number of nitrogens with zero attached hydrogens (tertiary/aromatic N) is 1. The van der Waals surface area contributed by atoms with Crippen LogP contribution in [0.1, 0.15) is 27.2 Å². The summed E-state index contributed by atoms with van der Waals surface area (Å²) in [6, 6.07) is 0. The van der Waals surface area contributed by atoms with E-state index in [1.807, 2.05) is 11.9 Å². The van der Waals surface area contributed by atoms with Crippen LogP contribution in [0.2, 0.25) is 0 Å². The van der Waals surface area contributed by atoms with Gasteiger partial charge in [0.25, 0.3) is 0 Å². The molecule has 1 rings (SSSR count). The minimum Gasteiger partial charge on any atom is -0.245 e. The normalized spacial score (nSPS) is 23.0. The molecule has 0 aliphatic carbocycles. The molecule has 1 aliphatic heterocycles. The summed E-state index contributed by atoms with van der Waals surface area (Å²) in [5, 5.41) is 0. The van der Waals surface area contributed by atoms with Crippen LogP contribution in [-0.4, -0.2) is 22.1 Å². The summed E-state index contributed by atoms with van der Waals surface area (Å²) < 4.78 is 2.47. The molecular weight excluding hydrogens is 130 g/mol. The highest BCUT2D eigenvalue weighted by Gasteiger charge is 2.24. The van der Waals surface area contributed by atoms with E-state index in [1.165, 1.54) is 18.7 Å². The first-order valence-corrected chi connectivity index (χ1v) is 4.45. The topological polar surface area (TPSA) is 3.24 Å². The summed E-state index contributed by atoms with van der Waals surface area (Å²) in [6.07, 6.45) is 1.36. The lowest BCUT2D eigenvalue weighted by atomic mass is 10.1. The van der Waals surface area contributed by atoms with Crippen LogP contribution < -0.4 is 0 Å². The van der Waals surface area contributed by atoms with Gasteiger partial charge in [-0.2, -0.15) is 0 Å². The van der Waals surface area contributed by atoms with E-state index in [2.05, 4.69) is 25.1 Å². The lowest BCUT2D eigenvalue weighted by Crippen LogP contribution is -2.33. The van der Waals surface area contributed by atoms with Crippen LogP contribution in [0.15, 0.2) is 0 Å². The molecule has 54 valence electrons. The zero-order chi connectivity index (χ0) is 6.91. The van der Waals surface area contributed by atoms with Gasteiger partial charge in [-0.25, -0.2) is 4.31 Å². The second-order valence-corrected chi connectivity index (χ2v) is 4.57. The van der Waals surface area contributed by atoms with Crippen LogP contribution in [-0.2, 0) is 0 Å². The Labute approximate surface area is 61.9 Å². The van der Waals surface area contributed by atoms with Crippen LogP contribution in [0.25, 0.3) is 0 Å². The Balaban J connectivity index is 2.42. The highest BCUT2D eigenvalue weighted by Crippen LogP contribution is 2.28. The molecule has 0 N–H and O–H groups in total. The van der Waals surface area contributed by atoms with Gasteiger partial charge in [0.2, 0.25) is 0 Å². The van der Waals surface area contributed by atoms with E-state index in [0.29, 0.717) is 5.54 Å². The number of rotatable bonds is 0. The second kappa shape index (κ2) is 2.51. The van der Waals surface area contributed by atoms with Crippen molar-refractivity contribution in [2.24, 2.45) is 0 Å². The molecule has 0 atom stereocenters. The smallest absolute Gasteiger partial charge is 0.0229 e. The third-order valence-electron chi connectivity index (χ3n) is 1.50. The predicted octanol–water partition coefficient (Wildman–Crippen LogP) is 2.14. The van der Waals surface area contributed by atoms with Crippen LogP contribution in [0.4, 0.5) is 0 Å². The molecule has 1 heterocycles. The summed E-state index contributed by atoms with van der Waals surface area (Å²) in [7, 11) is 0. The molecule has 9 heavy (non-hydrogen) atoms. The molecular formula is C7H15NS. The minimum atomic E-state index is 0.376. The van der Waals surface area contributed by atoms with Gasteiger partial charge in [0.1, 0.15) is 0 Å². The monoisotopic (exact) mass is 145 g/mol. The van der Waals surface area contributed by atoms with Gasteiger partial charge in [0, 0.05) is 17.8 Å². The van der Waals surface area contributed by atoms with Gasteiger partial charge in [0.05, 0.1) is 0 Å². The Morgan fingerprint density at radius 2 is 2.00 bits per heavy atom. The average Bonchev–Trinajstić information content (AvgIpc) is 2.08. The molecule has 0 aromatic carbocycles. The van der Waals surface area contributed by atoms with Crippen molar-refractivity contribution in [3.05, 3.63) is 0 Å². The van der Waals surface area contributed by atoms with Crippen molar-refractivity contribution < 1.29 is 0 Å². The quantitative estimate of drug-likeness (QED) is 0.480. The molecule has 0 spiro atoms. The van der Waals surface area contributed by atoms with E-state index in [9.17, 15) is 0 Å². The summed E-state index contributed by atoms with van der Waals surface area (Å²) in [5.41, 5.74) is 0.376. The van der Waals surface area contributed by atoms with E-state index < -0.39 is 0 Å². The van der Waals surface area contributed by atoms with Crippen molar-refractivity contribution >= 4 is 11.9 Å². The minimum absolute atomic E-state index is 0.376. The lowest BCUT2D eigenvalue weighted by molar-refractivity contribution is 0.287. The largest absolute Gasteiger partial charge is 0.245 e. The fourth-order valence-electron chi connectivity index (χ4n) is 0.977. The van der Waals surface area contributed by atoms with Gasteiger partial charge < -0.3 is 0 Å². The molecule has 0 saturated carbocycles. The molecule has 0 amide bonds. The zero-order valence-corrected chi connectivity index (χ0v) is 7.29. The molecule has 0 aromatic rings. The van der Waals surface area contributed by atoms with E-state index in [-0.39, 0.29) is 0 Å². The van der Waals surface area contributed by atoms with Crippen molar-refractivity contribution in [2.45, 2.75) is 32.7 Å². The maximum Gasteiger partial charge on any atom is 0.0229 e. The molecule has 0 unspecified atom stereocenters. The Kier molecular flexibility index (Phi) is 2.07. The van der Waals surface area contributed by atoms with Crippen LogP contribution >= 0.6 is 11.9 Å². The van der Waals surface area contributed by atoms with Gasteiger partial charge in [-0.1, -0.05) is 11.9 Å². The molecule has 1 fully saturated rings. The standard InChI is InChI=1S/C7H15NS/c1-7(2,3)8-5-4-6-9-8/h4-6H2,1-3H3. The zero-order valence-electron chi connectivity index (χ0n) is 6.48. The second-order valence-electron chi connectivity index (χ2n) is 3.46. The van der Waals surface area contributed by atoms with E-state index in [0.717, 1.165) is 0 Å². The molecule has 1 saturated heterocycles. The summed E-state index contributed by atoms with van der Waals surface area (Å²) in [4.78, 5) is 0. The summed E-state index contributed by atoms with van der Waals surface area (Å²) in [6.45, 7) is 8.08. The molecule has 0 aromatic heterocycles. The first kappa shape index (κ1) is 7.42. The fraction of sp³-hybridized carbons (Fsp3) is 1.00. The summed E-state index contributed by atoms with van der Waals surface area (Å²) in [5.74, 6) is 1.32. The van der Waals surface area contributed by atoms with Crippen molar-refractivity contribution in [3.8, 4) is 0 Å². The first-order valence-electron chi connectivity index (χ1n) is 3.51. The first-order chi connectivity index (χ1) is 4.11. The fourth-order valence-corrected chi connectivity index (χ4v) is 2.10. The van der Waals surface area contributed by atoms with E-state index in [4.69, 9.17) is 0 Å². The highest BCUT2D eigenvalue weighted by atomic mass is 32.2. The van der Waals surface area contributed by atoms with E-state index >= 15 is 0 Å². The van der Waals surface area contributed by atoms with Crippen LogP contribution in [0, 0.1) is 0 Å². The van der Waals surface area contributed by atoms with Crippen molar-refractivity contribution in [3.63, 3.8) is 0 Å². The SMILES string of the molecule is CC(C)(C)N1CCCS1. The Bertz CT molecular complexity index is 89.6. The average molecular weight is 145 g/mol. The van der Waals surface area contributed by atoms with Gasteiger partial charge in [0.15, 0.2) is 0 Å². The van der Waals surface area contributed by atoms with Crippen molar-refractivity contribution in [1.29, 1.82) is 0 Å². The maximum absolute atomic E-state index is 2.47. The summed E-state index contributed by atoms with van der Waals surface area (Å²) >= 11 is 1.98. The Morgan fingerprint density at radius 3 is 2.22 bits per heavy atom. The molecule has 2 heteroatoms. The predicted molar refractivity (Wildman–Crippen MR) is 43.5 cm³/mol. The molecule has 1 nitrogen and oxygen atoms in total. The Hall–Kier alpha value is 0.310. The highest BCUT2D eigenvalue weighted by molar-refractivity contribution is 7.97. The van der Waals surface area contributed by atoms with Gasteiger partial charge in [-0.3, -0.25) is 0 Å². The third-order valence-corrected chi connectivity index (χ3v) is 3.01. The maximum atomic E-state index is 2.47. The lowest BCUT2D eigenvalue weighted by Gasteiger charge is -2.29. The van der Waals surface area contributed by atoms with Crippen LogP contribution in [0.3, 0.4) is 0 Å². The van der Waals surface area contributed by atoms with Gasteiger partial charge in [-0.05, 0) is 27.2 Å². The van der Waals surface area contributed by atoms with E-state index in [1.54, 1.807) is 0 Å². The van der Waals surface area contributed by atoms with Crippen LogP contribution in [0.5, 0.6) is 0 Å².